The Bertz CT molecular complexity index is 1120. The highest BCUT2D eigenvalue weighted by molar-refractivity contribution is 7.95. The Morgan fingerprint density at radius 3 is 2.41 bits per heavy atom. The molecule has 0 saturated carbocycles. The van der Waals surface area contributed by atoms with Crippen LogP contribution in [0, 0.1) is 0 Å². The standard InChI is InChI=1S/C21H21N3O4S/c1-3-16-18(4-2)29(26,27)14-17-19(21(25)23-10-12-28-13-11-23)22-20(24(16)17)15-8-6-5-7-9-15/h3-9H,1-2,10-14H2. The molecule has 1 saturated heterocycles. The van der Waals surface area contributed by atoms with Crippen molar-refractivity contribution in [2.24, 2.45) is 0 Å². The van der Waals surface area contributed by atoms with Crippen LogP contribution >= 0.6 is 0 Å². The van der Waals surface area contributed by atoms with Crippen LogP contribution < -0.4 is 0 Å². The third-order valence-electron chi connectivity index (χ3n) is 5.04. The van der Waals surface area contributed by atoms with Gasteiger partial charge in [-0.25, -0.2) is 13.4 Å². The van der Waals surface area contributed by atoms with Crippen LogP contribution in [0.3, 0.4) is 0 Å². The van der Waals surface area contributed by atoms with Crippen molar-refractivity contribution >= 4 is 21.4 Å². The van der Waals surface area contributed by atoms with Gasteiger partial charge in [-0.3, -0.25) is 9.36 Å². The summed E-state index contributed by atoms with van der Waals surface area (Å²) in [6, 6.07) is 9.36. The maximum Gasteiger partial charge on any atom is 0.274 e. The zero-order valence-electron chi connectivity index (χ0n) is 15.9. The molecule has 0 unspecified atom stereocenters. The van der Waals surface area contributed by atoms with E-state index in [0.29, 0.717) is 43.5 Å². The van der Waals surface area contributed by atoms with Crippen molar-refractivity contribution in [3.8, 4) is 11.4 Å². The van der Waals surface area contributed by atoms with Gasteiger partial charge in [0.15, 0.2) is 15.5 Å². The fourth-order valence-electron chi connectivity index (χ4n) is 3.67. The van der Waals surface area contributed by atoms with Crippen molar-refractivity contribution in [1.29, 1.82) is 0 Å². The lowest BCUT2D eigenvalue weighted by molar-refractivity contribution is 0.0299. The third kappa shape index (κ3) is 3.24. The van der Waals surface area contributed by atoms with Crippen LogP contribution in [-0.4, -0.2) is 55.1 Å². The van der Waals surface area contributed by atoms with Crippen LogP contribution in [0.15, 0.2) is 60.5 Å². The first-order valence-electron chi connectivity index (χ1n) is 9.24. The van der Waals surface area contributed by atoms with Crippen molar-refractivity contribution in [3.05, 3.63) is 71.9 Å². The number of amides is 1. The highest BCUT2D eigenvalue weighted by Crippen LogP contribution is 2.36. The van der Waals surface area contributed by atoms with Gasteiger partial charge in [0.2, 0.25) is 0 Å². The average molecular weight is 411 g/mol. The first-order valence-corrected chi connectivity index (χ1v) is 10.9. The molecule has 0 atom stereocenters. The maximum absolute atomic E-state index is 13.2. The first kappa shape index (κ1) is 19.4. The average Bonchev–Trinajstić information content (AvgIpc) is 3.11. The van der Waals surface area contributed by atoms with Crippen LogP contribution in [0.25, 0.3) is 17.1 Å². The molecular formula is C21H21N3O4S. The normalized spacial score (nSPS) is 18.3. The summed E-state index contributed by atoms with van der Waals surface area (Å²) >= 11 is 0. The Balaban J connectivity index is 1.98. The quantitative estimate of drug-likeness (QED) is 0.772. The fourth-order valence-corrected chi connectivity index (χ4v) is 5.19. The van der Waals surface area contributed by atoms with Gasteiger partial charge in [-0.2, -0.15) is 0 Å². The SMILES string of the molecule is C=CC1=C(C=C)S(=O)(=O)Cc2c(C(=O)N3CCOCC3)nc(-c3ccccc3)n21. The third-order valence-corrected chi connectivity index (χ3v) is 6.74. The van der Waals surface area contributed by atoms with Gasteiger partial charge in [-0.05, 0) is 12.2 Å². The number of allylic oxidation sites excluding steroid dienone is 3. The van der Waals surface area contributed by atoms with Crippen LogP contribution in [-0.2, 0) is 20.3 Å². The summed E-state index contributed by atoms with van der Waals surface area (Å²) in [5.74, 6) is -0.113. The number of nitrogens with zero attached hydrogens (tertiary/aromatic N) is 3. The second-order valence-corrected chi connectivity index (χ2v) is 8.71. The van der Waals surface area contributed by atoms with Crippen molar-refractivity contribution in [2.75, 3.05) is 26.3 Å². The van der Waals surface area contributed by atoms with Gasteiger partial charge < -0.3 is 9.64 Å². The Morgan fingerprint density at radius 1 is 1.10 bits per heavy atom. The number of carbonyl (C=O) groups excluding carboxylic acids is 1. The molecule has 0 bridgehead atoms. The van der Waals surface area contributed by atoms with Crippen LogP contribution in [0.2, 0.25) is 0 Å². The first-order chi connectivity index (χ1) is 14.0. The molecule has 2 aromatic rings. The predicted molar refractivity (Wildman–Crippen MR) is 111 cm³/mol. The van der Waals surface area contributed by atoms with Gasteiger partial charge in [0.1, 0.15) is 5.82 Å². The monoisotopic (exact) mass is 411 g/mol. The minimum absolute atomic E-state index is 0.0833. The summed E-state index contributed by atoms with van der Waals surface area (Å²) in [7, 11) is -3.67. The van der Waals surface area contributed by atoms with Crippen LogP contribution in [0.1, 0.15) is 16.2 Å². The minimum atomic E-state index is -3.67. The van der Waals surface area contributed by atoms with Gasteiger partial charge in [-0.1, -0.05) is 43.5 Å². The minimum Gasteiger partial charge on any atom is -0.378 e. The molecule has 2 aliphatic heterocycles. The number of sulfone groups is 1. The molecule has 1 aromatic carbocycles. The lowest BCUT2D eigenvalue weighted by Gasteiger charge is -2.27. The molecule has 7 nitrogen and oxygen atoms in total. The number of aromatic nitrogens is 2. The van der Waals surface area contributed by atoms with Gasteiger partial charge in [0.25, 0.3) is 5.91 Å². The predicted octanol–water partition coefficient (Wildman–Crippen LogP) is 2.49. The molecule has 4 rings (SSSR count). The summed E-state index contributed by atoms with van der Waals surface area (Å²) in [6.45, 7) is 9.24. The number of hydrogen-bond donors (Lipinski definition) is 0. The fraction of sp³-hybridized carbons (Fsp3) is 0.238. The van der Waals surface area contributed by atoms with E-state index in [1.54, 1.807) is 9.47 Å². The molecule has 29 heavy (non-hydrogen) atoms. The number of fused-ring (bicyclic) bond motifs is 1. The summed E-state index contributed by atoms with van der Waals surface area (Å²) in [5.41, 5.74) is 1.63. The van der Waals surface area contributed by atoms with Crippen LogP contribution in [0.4, 0.5) is 0 Å². The molecule has 2 aliphatic rings. The van der Waals surface area contributed by atoms with Crippen molar-refractivity contribution in [1.82, 2.24) is 14.5 Å². The van der Waals surface area contributed by atoms with E-state index in [1.807, 2.05) is 30.3 Å². The van der Waals surface area contributed by atoms with E-state index in [4.69, 9.17) is 4.74 Å². The Morgan fingerprint density at radius 2 is 1.79 bits per heavy atom. The molecule has 8 heteroatoms. The summed E-state index contributed by atoms with van der Waals surface area (Å²) in [5, 5.41) is 0. The molecule has 0 aliphatic carbocycles. The zero-order valence-corrected chi connectivity index (χ0v) is 16.7. The number of hydrogen-bond acceptors (Lipinski definition) is 5. The molecule has 150 valence electrons. The van der Waals surface area contributed by atoms with E-state index in [2.05, 4.69) is 18.1 Å². The van der Waals surface area contributed by atoms with E-state index < -0.39 is 9.84 Å². The topological polar surface area (TPSA) is 81.5 Å². The Hall–Kier alpha value is -2.97. The van der Waals surface area contributed by atoms with Crippen molar-refractivity contribution in [3.63, 3.8) is 0 Å². The molecule has 3 heterocycles. The number of morpholine rings is 1. The van der Waals surface area contributed by atoms with Gasteiger partial charge >= 0.3 is 0 Å². The molecule has 0 N–H and O–H groups in total. The maximum atomic E-state index is 13.2. The molecule has 1 fully saturated rings. The molecule has 0 spiro atoms. The van der Waals surface area contributed by atoms with E-state index in [-0.39, 0.29) is 22.3 Å². The Labute approximate surface area is 169 Å². The largest absolute Gasteiger partial charge is 0.378 e. The highest BCUT2D eigenvalue weighted by atomic mass is 32.2. The number of benzene rings is 1. The number of rotatable bonds is 4. The second-order valence-electron chi connectivity index (χ2n) is 6.75. The lowest BCUT2D eigenvalue weighted by atomic mass is 10.2. The number of ether oxygens (including phenoxy) is 1. The van der Waals surface area contributed by atoms with E-state index in [9.17, 15) is 13.2 Å². The zero-order chi connectivity index (χ0) is 20.6. The van der Waals surface area contributed by atoms with Crippen LogP contribution in [0.5, 0.6) is 0 Å². The smallest absolute Gasteiger partial charge is 0.274 e. The summed E-state index contributed by atoms with van der Waals surface area (Å²) in [4.78, 5) is 19.6. The number of carbonyl (C=O) groups is 1. The molecule has 1 aromatic heterocycles. The molecular weight excluding hydrogens is 390 g/mol. The van der Waals surface area contributed by atoms with Crippen molar-refractivity contribution in [2.45, 2.75) is 5.75 Å². The second kappa shape index (κ2) is 7.46. The number of imidazole rings is 1. The summed E-state index contributed by atoms with van der Waals surface area (Å²) in [6.07, 6.45) is 2.78. The van der Waals surface area contributed by atoms with Gasteiger partial charge in [0, 0.05) is 18.7 Å². The lowest BCUT2D eigenvalue weighted by Crippen LogP contribution is -2.41. The van der Waals surface area contributed by atoms with E-state index >= 15 is 0 Å². The van der Waals surface area contributed by atoms with E-state index in [0.717, 1.165) is 5.56 Å². The Kier molecular flexibility index (Phi) is 4.97. The van der Waals surface area contributed by atoms with E-state index in [1.165, 1.54) is 12.2 Å². The van der Waals surface area contributed by atoms with Gasteiger partial charge in [-0.15, -0.1) is 0 Å². The summed E-state index contributed by atoms with van der Waals surface area (Å²) < 4.78 is 32.8. The highest BCUT2D eigenvalue weighted by Gasteiger charge is 2.36. The molecule has 1 amide bonds. The van der Waals surface area contributed by atoms with Gasteiger partial charge in [0.05, 0.1) is 35.3 Å². The van der Waals surface area contributed by atoms with Crippen molar-refractivity contribution < 1.29 is 17.9 Å². The molecule has 0 radical (unpaired) electrons.